The summed E-state index contributed by atoms with van der Waals surface area (Å²) in [4.78, 5) is 12.2. The van der Waals surface area contributed by atoms with E-state index >= 15 is 0 Å². The van der Waals surface area contributed by atoms with Crippen LogP contribution in [0.2, 0.25) is 0 Å². The van der Waals surface area contributed by atoms with Crippen molar-refractivity contribution in [3.8, 4) is 0 Å². The monoisotopic (exact) mass is 246 g/mol. The van der Waals surface area contributed by atoms with Gasteiger partial charge in [0, 0.05) is 11.0 Å². The van der Waals surface area contributed by atoms with Crippen LogP contribution in [0.3, 0.4) is 0 Å². The Morgan fingerprint density at radius 2 is 1.67 bits per heavy atom. The minimum absolute atomic E-state index is 0.222. The van der Waals surface area contributed by atoms with E-state index in [1.165, 1.54) is 5.56 Å². The van der Waals surface area contributed by atoms with Gasteiger partial charge in [-0.05, 0) is 29.9 Å². The highest BCUT2D eigenvalue weighted by Gasteiger charge is 2.22. The van der Waals surface area contributed by atoms with Crippen LogP contribution in [-0.4, -0.2) is 5.78 Å². The summed E-state index contributed by atoms with van der Waals surface area (Å²) in [5, 5.41) is 0. The van der Waals surface area contributed by atoms with Crippen LogP contribution in [0.25, 0.3) is 0 Å². The van der Waals surface area contributed by atoms with Crippen LogP contribution in [0.5, 0.6) is 0 Å². The van der Waals surface area contributed by atoms with E-state index < -0.39 is 0 Å². The van der Waals surface area contributed by atoms with E-state index in [0.717, 1.165) is 18.4 Å². The summed E-state index contributed by atoms with van der Waals surface area (Å²) in [5.74, 6) is 0.222. The maximum Gasteiger partial charge on any atom is 0.168 e. The molecule has 1 aromatic carbocycles. The summed E-state index contributed by atoms with van der Waals surface area (Å²) in [6, 6.07) is 8.09. The van der Waals surface area contributed by atoms with Gasteiger partial charge in [0.05, 0.1) is 0 Å². The van der Waals surface area contributed by atoms with Gasteiger partial charge in [0.1, 0.15) is 0 Å². The number of benzene rings is 1. The maximum atomic E-state index is 12.2. The Kier molecular flexibility index (Phi) is 4.37. The predicted molar refractivity (Wildman–Crippen MR) is 78.0 cm³/mol. The van der Waals surface area contributed by atoms with Crippen LogP contribution >= 0.6 is 0 Å². The number of hydrogen-bond donors (Lipinski definition) is 0. The lowest BCUT2D eigenvalue weighted by atomic mass is 9.85. The zero-order valence-corrected chi connectivity index (χ0v) is 12.6. The molecule has 0 atom stereocenters. The smallest absolute Gasteiger partial charge is 0.168 e. The van der Waals surface area contributed by atoms with Crippen LogP contribution in [0.1, 0.15) is 63.9 Å². The molecule has 0 N–H and O–H groups in total. The van der Waals surface area contributed by atoms with E-state index in [4.69, 9.17) is 0 Å². The molecule has 0 saturated carbocycles. The molecule has 0 spiro atoms. The van der Waals surface area contributed by atoms with Gasteiger partial charge in [-0.25, -0.2) is 0 Å². The Bertz CT molecular complexity index is 416. The Labute approximate surface area is 112 Å². The second-order valence-corrected chi connectivity index (χ2v) is 7.34. The van der Waals surface area contributed by atoms with Crippen molar-refractivity contribution in [2.75, 3.05) is 0 Å². The zero-order chi connectivity index (χ0) is 14.0. The van der Waals surface area contributed by atoms with Crippen molar-refractivity contribution in [3.63, 3.8) is 0 Å². The zero-order valence-electron chi connectivity index (χ0n) is 12.6. The first kappa shape index (κ1) is 14.9. The van der Waals surface area contributed by atoms with Gasteiger partial charge in [-0.15, -0.1) is 0 Å². The number of rotatable bonds is 3. The third-order valence-corrected chi connectivity index (χ3v) is 3.03. The molecule has 0 aliphatic heterocycles. The summed E-state index contributed by atoms with van der Waals surface area (Å²) in [6.45, 7) is 12.6. The fourth-order valence-corrected chi connectivity index (χ4v) is 1.82. The summed E-state index contributed by atoms with van der Waals surface area (Å²) in [7, 11) is 0. The van der Waals surface area contributed by atoms with Crippen molar-refractivity contribution < 1.29 is 4.79 Å². The van der Waals surface area contributed by atoms with Crippen LogP contribution in [0.15, 0.2) is 24.3 Å². The summed E-state index contributed by atoms with van der Waals surface area (Å²) in [5.41, 5.74) is 2.14. The van der Waals surface area contributed by atoms with Crippen molar-refractivity contribution in [1.29, 1.82) is 0 Å². The lowest BCUT2D eigenvalue weighted by Gasteiger charge is -2.19. The Morgan fingerprint density at radius 1 is 1.06 bits per heavy atom. The highest BCUT2D eigenvalue weighted by atomic mass is 16.1. The number of ketones is 1. The molecule has 1 heteroatoms. The average molecular weight is 246 g/mol. The van der Waals surface area contributed by atoms with Crippen LogP contribution in [0, 0.1) is 10.8 Å². The summed E-state index contributed by atoms with van der Waals surface area (Å²) < 4.78 is 0. The molecule has 1 aromatic rings. The molecule has 0 aromatic heterocycles. The van der Waals surface area contributed by atoms with Gasteiger partial charge in [-0.1, -0.05) is 59.7 Å². The van der Waals surface area contributed by atoms with Crippen molar-refractivity contribution in [1.82, 2.24) is 0 Å². The second-order valence-electron chi connectivity index (χ2n) is 7.34. The average Bonchev–Trinajstić information content (AvgIpc) is 2.23. The molecular weight excluding hydrogens is 220 g/mol. The van der Waals surface area contributed by atoms with Gasteiger partial charge in [-0.2, -0.15) is 0 Å². The highest BCUT2D eigenvalue weighted by molar-refractivity contribution is 5.99. The fourth-order valence-electron chi connectivity index (χ4n) is 1.82. The first-order valence-corrected chi connectivity index (χ1v) is 6.73. The number of Topliss-reactive ketones (excluding diaryl/α,β-unsaturated/α-hetero) is 1. The highest BCUT2D eigenvalue weighted by Crippen LogP contribution is 2.24. The minimum atomic E-state index is -0.303. The van der Waals surface area contributed by atoms with E-state index in [9.17, 15) is 4.79 Å². The van der Waals surface area contributed by atoms with Gasteiger partial charge < -0.3 is 0 Å². The topological polar surface area (TPSA) is 17.1 Å². The van der Waals surface area contributed by atoms with E-state index in [1.807, 2.05) is 32.9 Å². The van der Waals surface area contributed by atoms with Gasteiger partial charge in [0.25, 0.3) is 0 Å². The van der Waals surface area contributed by atoms with Crippen molar-refractivity contribution in [2.24, 2.45) is 10.8 Å². The normalized spacial score (nSPS) is 12.6. The molecule has 0 heterocycles. The molecular formula is C17H26O. The molecule has 0 radical (unpaired) electrons. The van der Waals surface area contributed by atoms with Gasteiger partial charge in [-0.3, -0.25) is 4.79 Å². The SMILES string of the molecule is CC(C)(C)CCc1cccc(C(=O)C(C)(C)C)c1. The lowest BCUT2D eigenvalue weighted by Crippen LogP contribution is -2.20. The quantitative estimate of drug-likeness (QED) is 0.694. The molecule has 18 heavy (non-hydrogen) atoms. The minimum Gasteiger partial charge on any atom is -0.294 e. The van der Waals surface area contributed by atoms with Gasteiger partial charge in [0.15, 0.2) is 5.78 Å². The molecule has 0 aliphatic carbocycles. The fraction of sp³-hybridized carbons (Fsp3) is 0.588. The third-order valence-electron chi connectivity index (χ3n) is 3.03. The Balaban J connectivity index is 2.84. The Morgan fingerprint density at radius 3 is 2.17 bits per heavy atom. The molecule has 1 rings (SSSR count). The largest absolute Gasteiger partial charge is 0.294 e. The molecule has 0 aliphatic rings. The molecule has 0 fully saturated rings. The lowest BCUT2D eigenvalue weighted by molar-refractivity contribution is 0.0858. The maximum absolute atomic E-state index is 12.2. The van der Waals surface area contributed by atoms with E-state index in [2.05, 4.69) is 32.9 Å². The van der Waals surface area contributed by atoms with E-state index in [1.54, 1.807) is 0 Å². The van der Waals surface area contributed by atoms with E-state index in [0.29, 0.717) is 5.41 Å². The van der Waals surface area contributed by atoms with Gasteiger partial charge >= 0.3 is 0 Å². The van der Waals surface area contributed by atoms with Crippen molar-refractivity contribution in [2.45, 2.75) is 54.4 Å². The summed E-state index contributed by atoms with van der Waals surface area (Å²) in [6.07, 6.45) is 2.18. The predicted octanol–water partition coefficient (Wildman–Crippen LogP) is 4.89. The second kappa shape index (κ2) is 5.26. The Hall–Kier alpha value is -1.11. The van der Waals surface area contributed by atoms with Crippen LogP contribution in [0.4, 0.5) is 0 Å². The number of carbonyl (C=O) groups is 1. The standard InChI is InChI=1S/C17H26O/c1-16(2,3)11-10-13-8-7-9-14(12-13)15(18)17(4,5)6/h7-9,12H,10-11H2,1-6H3. The first-order chi connectivity index (χ1) is 8.09. The first-order valence-electron chi connectivity index (χ1n) is 6.73. The number of aryl methyl sites for hydroxylation is 1. The van der Waals surface area contributed by atoms with Gasteiger partial charge in [0.2, 0.25) is 0 Å². The number of carbonyl (C=O) groups excluding carboxylic acids is 1. The number of hydrogen-bond acceptors (Lipinski definition) is 1. The molecule has 0 saturated heterocycles. The third kappa shape index (κ3) is 4.64. The molecule has 1 nitrogen and oxygen atoms in total. The molecule has 0 amide bonds. The van der Waals surface area contributed by atoms with Crippen LogP contribution in [-0.2, 0) is 6.42 Å². The van der Waals surface area contributed by atoms with E-state index in [-0.39, 0.29) is 11.2 Å². The van der Waals surface area contributed by atoms with Crippen molar-refractivity contribution >= 4 is 5.78 Å². The molecule has 0 unspecified atom stereocenters. The van der Waals surface area contributed by atoms with Crippen molar-refractivity contribution in [3.05, 3.63) is 35.4 Å². The summed E-state index contributed by atoms with van der Waals surface area (Å²) >= 11 is 0. The molecule has 100 valence electrons. The molecule has 0 bridgehead atoms. The van der Waals surface area contributed by atoms with Crippen LogP contribution < -0.4 is 0 Å².